The number of alkyl halides is 3. The molecule has 0 aromatic heterocycles. The van der Waals surface area contributed by atoms with E-state index < -0.39 is 17.1 Å². The van der Waals surface area contributed by atoms with Crippen LogP contribution in [0.2, 0.25) is 0 Å². The fourth-order valence-electron chi connectivity index (χ4n) is 0.744. The fraction of sp³-hybridized carbons (Fsp3) is 0.875. The van der Waals surface area contributed by atoms with Crippen LogP contribution in [0.25, 0.3) is 0 Å². The van der Waals surface area contributed by atoms with Crippen molar-refractivity contribution in [3.63, 3.8) is 0 Å². The summed E-state index contributed by atoms with van der Waals surface area (Å²) in [7, 11) is 0. The molecule has 7 heteroatoms. The number of unbranched alkanes of at least 4 members (excludes halogenated alkanes) is 2. The van der Waals surface area contributed by atoms with Crippen LogP contribution in [0, 0.1) is 0 Å². The van der Waals surface area contributed by atoms with Crippen LogP contribution in [-0.4, -0.2) is 17.1 Å². The van der Waals surface area contributed by atoms with E-state index in [1.54, 1.807) is 0 Å². The van der Waals surface area contributed by atoms with Crippen molar-refractivity contribution in [2.75, 3.05) is 0 Å². The van der Waals surface area contributed by atoms with Gasteiger partial charge < -0.3 is 0 Å². The van der Waals surface area contributed by atoms with E-state index in [-0.39, 0.29) is 15.0 Å². The minimum absolute atomic E-state index is 0.0943. The van der Waals surface area contributed by atoms with Gasteiger partial charge in [0, 0.05) is 0 Å². The molecule has 0 aromatic rings. The number of nitrogens with two attached hydrogens (primary N) is 1. The van der Waals surface area contributed by atoms with Gasteiger partial charge in [-0.25, -0.2) is 0 Å². The summed E-state index contributed by atoms with van der Waals surface area (Å²) in [5, 5.41) is 0. The number of hydrogen-bond acceptors (Lipinski definition) is 3. The Balaban J connectivity index is 3.62. The zero-order valence-electron chi connectivity index (χ0n) is 8.27. The number of carbonyl (C=O) groups is 1. The van der Waals surface area contributed by atoms with E-state index in [2.05, 4.69) is 3.85 Å². The Labute approximate surface area is 92.8 Å². The molecule has 3 nitrogen and oxygen atoms in total. The Kier molecular flexibility index (Phi) is 6.95. The van der Waals surface area contributed by atoms with Crippen LogP contribution in [0.15, 0.2) is 0 Å². The van der Waals surface area contributed by atoms with Crippen molar-refractivity contribution in [2.24, 2.45) is 5.73 Å². The Morgan fingerprint density at radius 3 is 2.53 bits per heavy atom. The Hall–Kier alpha value is -0.274. The molecule has 0 aliphatic heterocycles. The van der Waals surface area contributed by atoms with Crippen molar-refractivity contribution >= 4 is 5.97 Å². The third-order valence-electron chi connectivity index (χ3n) is 1.50. The first-order chi connectivity index (χ1) is 6.88. The van der Waals surface area contributed by atoms with Gasteiger partial charge in [-0.3, -0.25) is 0 Å². The predicted molar refractivity (Wildman–Crippen MR) is 44.3 cm³/mol. The second-order valence-electron chi connectivity index (χ2n) is 2.91. The van der Waals surface area contributed by atoms with Gasteiger partial charge in [0.15, 0.2) is 0 Å². The van der Waals surface area contributed by atoms with Crippen molar-refractivity contribution < 1.29 is 36.8 Å². The summed E-state index contributed by atoms with van der Waals surface area (Å²) in [6.07, 6.45) is -1.58. The maximum absolute atomic E-state index is 11.7. The minimum atomic E-state index is -4.94. The molecule has 0 spiro atoms. The van der Waals surface area contributed by atoms with E-state index in [9.17, 15) is 18.0 Å². The van der Waals surface area contributed by atoms with Crippen molar-refractivity contribution in [3.05, 3.63) is 0 Å². The standard InChI is InChI=1S/C6H14N.C2HF3O2.Co/c1-2-3-4-5-6-7;3-2(4,5)1(6)7;/h6H,2-5,7H2,1H3;(H,6,7);/q;;+1/p-1. The van der Waals surface area contributed by atoms with Crippen LogP contribution in [0.3, 0.4) is 0 Å². The number of carbonyl (C=O) groups excluding carboxylic acids is 1. The number of rotatable bonds is 6. The van der Waals surface area contributed by atoms with Gasteiger partial charge in [-0.2, -0.15) is 0 Å². The summed E-state index contributed by atoms with van der Waals surface area (Å²) >= 11 is -0.0943. The molecule has 0 aliphatic rings. The molecule has 0 rings (SSSR count). The summed E-state index contributed by atoms with van der Waals surface area (Å²) in [6.45, 7) is 2.01. The molecule has 0 aromatic carbocycles. The quantitative estimate of drug-likeness (QED) is 0.752. The Morgan fingerprint density at radius 2 is 2.07 bits per heavy atom. The fourth-order valence-corrected chi connectivity index (χ4v) is 1.47. The predicted octanol–water partition coefficient (Wildman–Crippen LogP) is 1.95. The van der Waals surface area contributed by atoms with Crippen LogP contribution in [0.1, 0.15) is 32.6 Å². The van der Waals surface area contributed by atoms with Gasteiger partial charge in [-0.05, 0) is 0 Å². The van der Waals surface area contributed by atoms with Gasteiger partial charge in [0.1, 0.15) is 0 Å². The molecule has 0 aliphatic carbocycles. The SMILES string of the molecule is CCCCC[CH](N)[Co][O]C(=O)C(F)(F)F. The summed E-state index contributed by atoms with van der Waals surface area (Å²) in [5.74, 6) is -2.19. The molecule has 2 N–H and O–H groups in total. The summed E-state index contributed by atoms with van der Waals surface area (Å²) in [4.78, 5) is 9.75. The molecular weight excluding hydrogens is 258 g/mol. The van der Waals surface area contributed by atoms with Gasteiger partial charge in [0.25, 0.3) is 0 Å². The van der Waals surface area contributed by atoms with Crippen molar-refractivity contribution in [1.82, 2.24) is 0 Å². The average molecular weight is 272 g/mol. The van der Waals surface area contributed by atoms with Gasteiger partial charge in [0.2, 0.25) is 0 Å². The first-order valence-corrected chi connectivity index (χ1v) is 5.53. The first-order valence-electron chi connectivity index (χ1n) is 4.50. The van der Waals surface area contributed by atoms with Gasteiger partial charge in [-0.1, -0.05) is 0 Å². The normalized spacial score (nSPS) is 13.9. The zero-order chi connectivity index (χ0) is 11.9. The third kappa shape index (κ3) is 7.63. The van der Waals surface area contributed by atoms with E-state index in [1.807, 2.05) is 6.92 Å². The summed E-state index contributed by atoms with van der Waals surface area (Å²) in [5.41, 5.74) is 5.45. The van der Waals surface area contributed by atoms with Crippen LogP contribution >= 0.6 is 0 Å². The first kappa shape index (κ1) is 14.7. The van der Waals surface area contributed by atoms with E-state index in [1.165, 1.54) is 0 Å². The molecular formula is C8H14CoF3NO2. The molecule has 0 saturated carbocycles. The maximum atomic E-state index is 11.7. The zero-order valence-corrected chi connectivity index (χ0v) is 9.31. The molecule has 15 heavy (non-hydrogen) atoms. The summed E-state index contributed by atoms with van der Waals surface area (Å²) < 4.78 is 39.0. The van der Waals surface area contributed by atoms with E-state index in [0.717, 1.165) is 19.3 Å². The van der Waals surface area contributed by atoms with Crippen LogP contribution in [0.4, 0.5) is 13.2 Å². The molecule has 93 valence electrons. The van der Waals surface area contributed by atoms with Gasteiger partial charge in [-0.15, -0.1) is 0 Å². The summed E-state index contributed by atoms with van der Waals surface area (Å²) in [6, 6.07) is 0. The number of hydrogen-bond donors (Lipinski definition) is 1. The van der Waals surface area contributed by atoms with Crippen molar-refractivity contribution in [3.8, 4) is 0 Å². The molecule has 1 atom stereocenters. The van der Waals surface area contributed by atoms with E-state index in [4.69, 9.17) is 5.73 Å². The van der Waals surface area contributed by atoms with Crippen molar-refractivity contribution in [2.45, 2.75) is 43.8 Å². The Morgan fingerprint density at radius 1 is 1.47 bits per heavy atom. The van der Waals surface area contributed by atoms with Gasteiger partial charge in [0.05, 0.1) is 0 Å². The topological polar surface area (TPSA) is 52.3 Å². The van der Waals surface area contributed by atoms with Gasteiger partial charge >= 0.3 is 92.3 Å². The molecule has 0 bridgehead atoms. The number of halogens is 3. The molecule has 0 radical (unpaired) electrons. The average Bonchev–Trinajstić information content (AvgIpc) is 2.13. The monoisotopic (exact) mass is 272 g/mol. The second-order valence-corrected chi connectivity index (χ2v) is 4.14. The van der Waals surface area contributed by atoms with E-state index in [0.29, 0.717) is 6.42 Å². The Bertz CT molecular complexity index is 199. The molecule has 1 unspecified atom stereocenters. The molecule has 0 fully saturated rings. The third-order valence-corrected chi connectivity index (χ3v) is 2.44. The van der Waals surface area contributed by atoms with E-state index >= 15 is 0 Å². The van der Waals surface area contributed by atoms with Crippen molar-refractivity contribution in [1.29, 1.82) is 0 Å². The second kappa shape index (κ2) is 7.08. The molecule has 0 saturated heterocycles. The van der Waals surface area contributed by atoms with Crippen LogP contribution in [-0.2, 0) is 23.7 Å². The molecule has 0 heterocycles. The molecule has 0 amide bonds. The van der Waals surface area contributed by atoms with Crippen LogP contribution < -0.4 is 5.73 Å². The van der Waals surface area contributed by atoms with Crippen LogP contribution in [0.5, 0.6) is 0 Å².